The largest absolute Gasteiger partial charge is 0.489 e. The lowest BCUT2D eigenvalue weighted by Gasteiger charge is -2.08. The van der Waals surface area contributed by atoms with Crippen molar-refractivity contribution in [2.24, 2.45) is 0 Å². The van der Waals surface area contributed by atoms with E-state index < -0.39 is 9.84 Å². The lowest BCUT2D eigenvalue weighted by Crippen LogP contribution is -2.03. The van der Waals surface area contributed by atoms with Crippen molar-refractivity contribution in [3.8, 4) is 11.8 Å². The van der Waals surface area contributed by atoms with Crippen molar-refractivity contribution in [3.05, 3.63) is 99.9 Å². The third-order valence-electron chi connectivity index (χ3n) is 3.98. The summed E-state index contributed by atoms with van der Waals surface area (Å²) in [7, 11) is -3.86. The van der Waals surface area contributed by atoms with Gasteiger partial charge >= 0.3 is 0 Å². The van der Waals surface area contributed by atoms with Gasteiger partial charge in [-0.25, -0.2) is 8.42 Å². The summed E-state index contributed by atoms with van der Waals surface area (Å²) in [4.78, 5) is -0.231. The number of hydrogen-bond donors (Lipinski definition) is 0. The van der Waals surface area contributed by atoms with Crippen LogP contribution in [0.1, 0.15) is 11.1 Å². The van der Waals surface area contributed by atoms with Gasteiger partial charge in [0.1, 0.15) is 23.3 Å². The Morgan fingerprint density at radius 1 is 0.964 bits per heavy atom. The molecule has 0 aliphatic heterocycles. The van der Waals surface area contributed by atoms with Crippen LogP contribution in [0.4, 0.5) is 0 Å². The highest BCUT2D eigenvalue weighted by Crippen LogP contribution is 2.23. The Bertz CT molecular complexity index is 1130. The molecule has 0 fully saturated rings. The number of sulfone groups is 1. The van der Waals surface area contributed by atoms with Gasteiger partial charge in [-0.15, -0.1) is 0 Å². The number of halogens is 1. The molecule has 0 saturated carbocycles. The molecule has 6 heteroatoms. The maximum Gasteiger partial charge on any atom is 0.216 e. The highest BCUT2D eigenvalue weighted by molar-refractivity contribution is 7.95. The Morgan fingerprint density at radius 2 is 1.61 bits per heavy atom. The van der Waals surface area contributed by atoms with Crippen molar-refractivity contribution in [3.63, 3.8) is 0 Å². The SMILES string of the molecule is N#C/C(=C/c1ccc(OCc2ccccc2Cl)cc1)S(=O)(=O)c1ccccc1. The number of nitrogens with zero attached hydrogens (tertiary/aromatic N) is 1. The zero-order valence-electron chi connectivity index (χ0n) is 14.7. The Kier molecular flexibility index (Phi) is 6.15. The molecule has 0 radical (unpaired) electrons. The molecule has 0 saturated heterocycles. The van der Waals surface area contributed by atoms with Gasteiger partial charge in [0, 0.05) is 10.6 Å². The normalized spacial score (nSPS) is 11.6. The molecule has 140 valence electrons. The van der Waals surface area contributed by atoms with E-state index >= 15 is 0 Å². The monoisotopic (exact) mass is 409 g/mol. The van der Waals surface area contributed by atoms with Gasteiger partial charge in [0.2, 0.25) is 9.84 Å². The molecule has 4 nitrogen and oxygen atoms in total. The molecule has 0 aliphatic carbocycles. The first-order valence-corrected chi connectivity index (χ1v) is 10.2. The van der Waals surface area contributed by atoms with E-state index in [2.05, 4.69) is 0 Å². The van der Waals surface area contributed by atoms with E-state index in [-0.39, 0.29) is 9.80 Å². The van der Waals surface area contributed by atoms with E-state index in [1.54, 1.807) is 54.6 Å². The number of ether oxygens (including phenoxy) is 1. The van der Waals surface area contributed by atoms with Crippen LogP contribution in [0.5, 0.6) is 5.75 Å². The van der Waals surface area contributed by atoms with Crippen molar-refractivity contribution < 1.29 is 13.2 Å². The minimum absolute atomic E-state index is 0.0856. The summed E-state index contributed by atoms with van der Waals surface area (Å²) in [5, 5.41) is 9.97. The van der Waals surface area contributed by atoms with Crippen LogP contribution in [0.15, 0.2) is 88.7 Å². The number of rotatable bonds is 6. The third kappa shape index (κ3) is 4.61. The Morgan fingerprint density at radius 3 is 2.25 bits per heavy atom. The second-order valence-corrected chi connectivity index (χ2v) is 8.21. The second kappa shape index (κ2) is 8.75. The maximum atomic E-state index is 12.6. The van der Waals surface area contributed by atoms with Crippen LogP contribution in [0.2, 0.25) is 5.02 Å². The first-order valence-electron chi connectivity index (χ1n) is 8.39. The molecule has 0 N–H and O–H groups in total. The quantitative estimate of drug-likeness (QED) is 0.521. The van der Waals surface area contributed by atoms with Gasteiger partial charge in [-0.05, 0) is 42.0 Å². The summed E-state index contributed by atoms with van der Waals surface area (Å²) >= 11 is 6.11. The predicted molar refractivity (Wildman–Crippen MR) is 109 cm³/mol. The molecule has 0 unspecified atom stereocenters. The van der Waals surface area contributed by atoms with E-state index in [9.17, 15) is 13.7 Å². The first kappa shape index (κ1) is 19.7. The molecule has 3 aromatic rings. The minimum atomic E-state index is -3.86. The van der Waals surface area contributed by atoms with Crippen LogP contribution >= 0.6 is 11.6 Å². The number of nitriles is 1. The average Bonchev–Trinajstić information content (AvgIpc) is 2.73. The number of benzene rings is 3. The molecule has 28 heavy (non-hydrogen) atoms. The summed E-state index contributed by atoms with van der Waals surface area (Å²) in [6.07, 6.45) is 1.35. The van der Waals surface area contributed by atoms with E-state index in [0.29, 0.717) is 22.9 Å². The van der Waals surface area contributed by atoms with Crippen LogP contribution in [0, 0.1) is 11.3 Å². The third-order valence-corrected chi connectivity index (χ3v) is 6.03. The molecule has 0 spiro atoms. The fraction of sp³-hybridized carbons (Fsp3) is 0.0455. The summed E-state index contributed by atoms with van der Waals surface area (Å²) < 4.78 is 30.9. The van der Waals surface area contributed by atoms with Crippen molar-refractivity contribution in [2.45, 2.75) is 11.5 Å². The van der Waals surface area contributed by atoms with Gasteiger partial charge in [-0.3, -0.25) is 0 Å². The van der Waals surface area contributed by atoms with E-state index in [4.69, 9.17) is 16.3 Å². The van der Waals surface area contributed by atoms with Crippen LogP contribution in [-0.4, -0.2) is 8.42 Å². The van der Waals surface area contributed by atoms with Crippen molar-refractivity contribution in [1.82, 2.24) is 0 Å². The average molecular weight is 410 g/mol. The van der Waals surface area contributed by atoms with Gasteiger partial charge in [0.15, 0.2) is 0 Å². The van der Waals surface area contributed by atoms with Crippen molar-refractivity contribution >= 4 is 27.5 Å². The van der Waals surface area contributed by atoms with E-state index in [1.165, 1.54) is 18.2 Å². The fourth-order valence-electron chi connectivity index (χ4n) is 2.48. The van der Waals surface area contributed by atoms with Crippen LogP contribution in [0.3, 0.4) is 0 Å². The summed E-state index contributed by atoms with van der Waals surface area (Å²) in [5.41, 5.74) is 1.45. The van der Waals surface area contributed by atoms with Crippen LogP contribution < -0.4 is 4.74 Å². The molecule has 0 amide bonds. The molecule has 0 aliphatic rings. The van der Waals surface area contributed by atoms with Gasteiger partial charge < -0.3 is 4.74 Å². The molecule has 0 aromatic heterocycles. The molecule has 0 bridgehead atoms. The van der Waals surface area contributed by atoms with Crippen molar-refractivity contribution in [2.75, 3.05) is 0 Å². The van der Waals surface area contributed by atoms with Gasteiger partial charge in [-0.1, -0.05) is 60.1 Å². The van der Waals surface area contributed by atoms with E-state index in [0.717, 1.165) is 5.56 Å². The van der Waals surface area contributed by atoms with Gasteiger partial charge in [-0.2, -0.15) is 5.26 Å². The molecular formula is C22H16ClNO3S. The topological polar surface area (TPSA) is 67.2 Å². The second-order valence-electron chi connectivity index (χ2n) is 5.89. The highest BCUT2D eigenvalue weighted by atomic mass is 35.5. The van der Waals surface area contributed by atoms with Crippen molar-refractivity contribution in [1.29, 1.82) is 5.26 Å². The Labute approximate surface area is 169 Å². The molecule has 0 atom stereocenters. The fourth-order valence-corrected chi connectivity index (χ4v) is 3.86. The molecule has 3 aromatic carbocycles. The van der Waals surface area contributed by atoms with E-state index in [1.807, 2.05) is 18.2 Å². The Balaban J connectivity index is 1.77. The molecule has 3 rings (SSSR count). The summed E-state index contributed by atoms with van der Waals surface area (Å²) in [6, 6.07) is 23.9. The summed E-state index contributed by atoms with van der Waals surface area (Å²) in [5.74, 6) is 0.612. The summed E-state index contributed by atoms with van der Waals surface area (Å²) in [6.45, 7) is 0.320. The lowest BCUT2D eigenvalue weighted by molar-refractivity contribution is 0.306. The number of allylic oxidation sites excluding steroid dienone is 1. The Hall–Kier alpha value is -3.07. The zero-order chi connectivity index (χ0) is 20.0. The first-order chi connectivity index (χ1) is 13.5. The highest BCUT2D eigenvalue weighted by Gasteiger charge is 2.20. The minimum Gasteiger partial charge on any atom is -0.489 e. The van der Waals surface area contributed by atoms with Gasteiger partial charge in [0.25, 0.3) is 0 Å². The van der Waals surface area contributed by atoms with Crippen LogP contribution in [0.25, 0.3) is 6.08 Å². The predicted octanol–water partition coefficient (Wildman–Crippen LogP) is 5.26. The van der Waals surface area contributed by atoms with Crippen LogP contribution in [-0.2, 0) is 16.4 Å². The molecule has 0 heterocycles. The standard InChI is InChI=1S/C22H16ClNO3S/c23-22-9-5-4-6-18(22)16-27-19-12-10-17(11-13-19)14-21(15-24)28(25,26)20-7-2-1-3-8-20/h1-14H,16H2/b21-14-. The lowest BCUT2D eigenvalue weighted by atomic mass is 10.2. The number of hydrogen-bond acceptors (Lipinski definition) is 4. The van der Waals surface area contributed by atoms with Gasteiger partial charge in [0.05, 0.1) is 4.90 Å². The molecular weight excluding hydrogens is 394 g/mol. The zero-order valence-corrected chi connectivity index (χ0v) is 16.3. The smallest absolute Gasteiger partial charge is 0.216 e. The maximum absolute atomic E-state index is 12.6.